The summed E-state index contributed by atoms with van der Waals surface area (Å²) < 4.78 is 0. The highest BCUT2D eigenvalue weighted by Crippen LogP contribution is 2.23. The molecule has 2 rings (SSSR count). The number of nitriles is 1. The minimum atomic E-state index is -0.697. The van der Waals surface area contributed by atoms with Gasteiger partial charge in [-0.25, -0.2) is 0 Å². The van der Waals surface area contributed by atoms with Gasteiger partial charge >= 0.3 is 0 Å². The lowest BCUT2D eigenvalue weighted by Crippen LogP contribution is -2.37. The highest BCUT2D eigenvalue weighted by atomic mass is 16.1. The fourth-order valence-corrected chi connectivity index (χ4v) is 2.85. The maximum Gasteiger partial charge on any atom is 0.242 e. The summed E-state index contributed by atoms with van der Waals surface area (Å²) in [5.74, 6) is -0.104. The fraction of sp³-hybridized carbons (Fsp3) is 0.529. The van der Waals surface area contributed by atoms with E-state index in [4.69, 9.17) is 0 Å². The van der Waals surface area contributed by atoms with Crippen molar-refractivity contribution in [3.8, 4) is 6.07 Å². The summed E-state index contributed by atoms with van der Waals surface area (Å²) in [4.78, 5) is 12.3. The van der Waals surface area contributed by atoms with Crippen molar-refractivity contribution >= 4 is 5.91 Å². The number of carbonyl (C=O) groups excluding carboxylic acids is 1. The number of nitrogens with one attached hydrogen (secondary N) is 1. The average molecular weight is 270 g/mol. The second-order valence-electron chi connectivity index (χ2n) is 5.79. The number of hydrogen-bond donors (Lipinski definition) is 1. The summed E-state index contributed by atoms with van der Waals surface area (Å²) in [7, 11) is 0. The number of carbonyl (C=O) groups is 1. The smallest absolute Gasteiger partial charge is 0.242 e. The largest absolute Gasteiger partial charge is 0.352 e. The third-order valence-electron chi connectivity index (χ3n) is 4.13. The van der Waals surface area contributed by atoms with Crippen molar-refractivity contribution in [2.45, 2.75) is 51.0 Å². The molecule has 106 valence electrons. The van der Waals surface area contributed by atoms with E-state index < -0.39 is 5.92 Å². The standard InChI is InChI=1S/C17H22N2O/c1-13-6-5-9-15(11-10-13)19-17(20)16(12-18)14-7-3-2-4-8-14/h2-4,7-8,13,15-16H,5-6,9-11H2,1H3,(H,19,20). The van der Waals surface area contributed by atoms with Crippen LogP contribution in [-0.2, 0) is 4.79 Å². The molecule has 1 aromatic carbocycles. The van der Waals surface area contributed by atoms with Crippen LogP contribution in [0.3, 0.4) is 0 Å². The van der Waals surface area contributed by atoms with Gasteiger partial charge in [0, 0.05) is 6.04 Å². The van der Waals surface area contributed by atoms with Crippen LogP contribution in [0.5, 0.6) is 0 Å². The van der Waals surface area contributed by atoms with E-state index in [0.29, 0.717) is 0 Å². The highest BCUT2D eigenvalue weighted by Gasteiger charge is 2.24. The van der Waals surface area contributed by atoms with E-state index in [1.807, 2.05) is 30.3 Å². The molecule has 1 aromatic rings. The molecule has 3 heteroatoms. The first-order chi connectivity index (χ1) is 9.70. The second kappa shape index (κ2) is 7.09. The maximum atomic E-state index is 12.3. The molecule has 3 unspecified atom stereocenters. The van der Waals surface area contributed by atoms with E-state index in [1.54, 1.807) is 0 Å². The van der Waals surface area contributed by atoms with Crippen LogP contribution in [0.1, 0.15) is 50.5 Å². The summed E-state index contributed by atoms with van der Waals surface area (Å²) >= 11 is 0. The molecule has 20 heavy (non-hydrogen) atoms. The molecule has 1 aliphatic rings. The lowest BCUT2D eigenvalue weighted by molar-refractivity contribution is -0.122. The lowest BCUT2D eigenvalue weighted by Gasteiger charge is -2.18. The molecule has 1 saturated carbocycles. The molecule has 0 saturated heterocycles. The molecule has 0 spiro atoms. The van der Waals surface area contributed by atoms with Gasteiger partial charge in [0.25, 0.3) is 0 Å². The van der Waals surface area contributed by atoms with Crippen molar-refractivity contribution in [3.63, 3.8) is 0 Å². The monoisotopic (exact) mass is 270 g/mol. The first kappa shape index (κ1) is 14.6. The van der Waals surface area contributed by atoms with Crippen LogP contribution in [0.25, 0.3) is 0 Å². The van der Waals surface area contributed by atoms with Crippen LogP contribution < -0.4 is 5.32 Å². The van der Waals surface area contributed by atoms with Crippen molar-refractivity contribution in [1.82, 2.24) is 5.32 Å². The van der Waals surface area contributed by atoms with Gasteiger partial charge in [-0.2, -0.15) is 5.26 Å². The van der Waals surface area contributed by atoms with Gasteiger partial charge in [0.15, 0.2) is 0 Å². The zero-order valence-corrected chi connectivity index (χ0v) is 12.0. The molecule has 1 fully saturated rings. The third kappa shape index (κ3) is 3.84. The van der Waals surface area contributed by atoms with Crippen LogP contribution in [0.4, 0.5) is 0 Å². The van der Waals surface area contributed by atoms with Gasteiger partial charge in [-0.3, -0.25) is 4.79 Å². The van der Waals surface area contributed by atoms with E-state index >= 15 is 0 Å². The molecule has 3 atom stereocenters. The molecule has 0 heterocycles. The van der Waals surface area contributed by atoms with E-state index in [9.17, 15) is 10.1 Å². The molecule has 0 aromatic heterocycles. The second-order valence-corrected chi connectivity index (χ2v) is 5.79. The predicted molar refractivity (Wildman–Crippen MR) is 79.0 cm³/mol. The lowest BCUT2D eigenvalue weighted by atomic mass is 9.98. The summed E-state index contributed by atoms with van der Waals surface area (Å²) in [6.07, 6.45) is 5.62. The molecular formula is C17H22N2O. The zero-order valence-electron chi connectivity index (χ0n) is 12.0. The van der Waals surface area contributed by atoms with Gasteiger partial charge in [0.2, 0.25) is 5.91 Å². The van der Waals surface area contributed by atoms with Crippen LogP contribution in [0.15, 0.2) is 30.3 Å². The molecule has 1 N–H and O–H groups in total. The quantitative estimate of drug-likeness (QED) is 0.856. The topological polar surface area (TPSA) is 52.9 Å². The Balaban J connectivity index is 1.98. The van der Waals surface area contributed by atoms with Crippen LogP contribution in [0.2, 0.25) is 0 Å². The normalized spacial score (nSPS) is 24.2. The summed E-state index contributed by atoms with van der Waals surface area (Å²) in [5, 5.41) is 12.3. The van der Waals surface area contributed by atoms with Gasteiger partial charge in [0.1, 0.15) is 5.92 Å². The van der Waals surface area contributed by atoms with Gasteiger partial charge in [-0.1, -0.05) is 50.1 Å². The van der Waals surface area contributed by atoms with Gasteiger partial charge < -0.3 is 5.32 Å². The maximum absolute atomic E-state index is 12.3. The molecule has 0 radical (unpaired) electrons. The van der Waals surface area contributed by atoms with Gasteiger partial charge in [-0.15, -0.1) is 0 Å². The Morgan fingerprint density at radius 2 is 2.00 bits per heavy atom. The number of benzene rings is 1. The summed E-state index contributed by atoms with van der Waals surface area (Å²) in [5.41, 5.74) is 0.773. The van der Waals surface area contributed by atoms with Crippen LogP contribution >= 0.6 is 0 Å². The van der Waals surface area contributed by atoms with Crippen molar-refractivity contribution in [2.24, 2.45) is 5.92 Å². The minimum Gasteiger partial charge on any atom is -0.352 e. The number of amides is 1. The highest BCUT2D eigenvalue weighted by molar-refractivity contribution is 5.86. The Bertz CT molecular complexity index is 478. The minimum absolute atomic E-state index is 0.154. The van der Waals surface area contributed by atoms with E-state index in [1.165, 1.54) is 6.42 Å². The number of nitrogens with zero attached hydrogens (tertiary/aromatic N) is 1. The summed E-state index contributed by atoms with van der Waals surface area (Å²) in [6.45, 7) is 2.27. The van der Waals surface area contributed by atoms with Crippen molar-refractivity contribution in [3.05, 3.63) is 35.9 Å². The van der Waals surface area contributed by atoms with Crippen LogP contribution in [0, 0.1) is 17.2 Å². The molecule has 1 aliphatic carbocycles. The average Bonchev–Trinajstić information content (AvgIpc) is 2.66. The van der Waals surface area contributed by atoms with Crippen LogP contribution in [-0.4, -0.2) is 11.9 Å². The molecular weight excluding hydrogens is 248 g/mol. The molecule has 1 amide bonds. The fourth-order valence-electron chi connectivity index (χ4n) is 2.85. The molecule has 0 bridgehead atoms. The molecule has 3 nitrogen and oxygen atoms in total. The van der Waals surface area contributed by atoms with E-state index in [0.717, 1.165) is 37.2 Å². The number of rotatable bonds is 3. The SMILES string of the molecule is CC1CCCC(NC(=O)C(C#N)c2ccccc2)CC1. The Hall–Kier alpha value is -1.82. The van der Waals surface area contributed by atoms with E-state index in [-0.39, 0.29) is 11.9 Å². The summed E-state index contributed by atoms with van der Waals surface area (Å²) in [6, 6.07) is 11.6. The Kier molecular flexibility index (Phi) is 5.17. The van der Waals surface area contributed by atoms with E-state index in [2.05, 4.69) is 18.3 Å². The predicted octanol–water partition coefficient (Wildman–Crippen LogP) is 3.38. The Morgan fingerprint density at radius 3 is 2.70 bits per heavy atom. The van der Waals surface area contributed by atoms with Crippen molar-refractivity contribution < 1.29 is 4.79 Å². The van der Waals surface area contributed by atoms with Gasteiger partial charge in [0.05, 0.1) is 6.07 Å². The first-order valence-electron chi connectivity index (χ1n) is 7.45. The first-order valence-corrected chi connectivity index (χ1v) is 7.45. The van der Waals surface area contributed by atoms with Crippen molar-refractivity contribution in [2.75, 3.05) is 0 Å². The Labute approximate surface area is 121 Å². The number of hydrogen-bond acceptors (Lipinski definition) is 2. The van der Waals surface area contributed by atoms with Gasteiger partial charge in [-0.05, 0) is 30.7 Å². The third-order valence-corrected chi connectivity index (χ3v) is 4.13. The van der Waals surface area contributed by atoms with Crippen molar-refractivity contribution in [1.29, 1.82) is 5.26 Å². The molecule has 0 aliphatic heterocycles. The Morgan fingerprint density at radius 1 is 1.25 bits per heavy atom. The zero-order chi connectivity index (χ0) is 14.4.